The molecule has 2 aromatic rings. The lowest BCUT2D eigenvalue weighted by Gasteiger charge is -2.46. The van der Waals surface area contributed by atoms with Gasteiger partial charge in [0, 0.05) is 41.9 Å². The Labute approximate surface area is 196 Å². The molecular formula is C27H33ClN2O2. The van der Waals surface area contributed by atoms with Gasteiger partial charge in [0.2, 0.25) is 5.91 Å². The van der Waals surface area contributed by atoms with Crippen LogP contribution in [0.5, 0.6) is 0 Å². The smallest absolute Gasteiger partial charge is 0.227 e. The van der Waals surface area contributed by atoms with Crippen LogP contribution in [0.25, 0.3) is 0 Å². The van der Waals surface area contributed by atoms with Crippen LogP contribution in [0.3, 0.4) is 0 Å². The largest absolute Gasteiger partial charge is 0.310 e. The van der Waals surface area contributed by atoms with E-state index in [1.807, 2.05) is 30.3 Å². The molecule has 0 bridgehead atoms. The second-order valence-corrected chi connectivity index (χ2v) is 11.2. The van der Waals surface area contributed by atoms with Gasteiger partial charge >= 0.3 is 0 Å². The lowest BCUT2D eigenvalue weighted by molar-refractivity contribution is -0.117. The zero-order valence-corrected chi connectivity index (χ0v) is 20.2. The van der Waals surface area contributed by atoms with Crippen molar-refractivity contribution in [1.29, 1.82) is 0 Å². The number of piperidine rings is 1. The Morgan fingerprint density at radius 2 is 1.72 bits per heavy atom. The van der Waals surface area contributed by atoms with Gasteiger partial charge in [-0.05, 0) is 70.2 Å². The van der Waals surface area contributed by atoms with Crippen LogP contribution in [0.1, 0.15) is 75.2 Å². The van der Waals surface area contributed by atoms with Crippen molar-refractivity contribution >= 4 is 29.0 Å². The third kappa shape index (κ3) is 5.07. The summed E-state index contributed by atoms with van der Waals surface area (Å²) in [7, 11) is 0. The minimum Gasteiger partial charge on any atom is -0.310 e. The van der Waals surface area contributed by atoms with Gasteiger partial charge in [-0.3, -0.25) is 9.59 Å². The zero-order chi connectivity index (χ0) is 23.1. The van der Waals surface area contributed by atoms with Crippen LogP contribution in [0.2, 0.25) is 5.02 Å². The Morgan fingerprint density at radius 3 is 2.34 bits per heavy atom. The number of halogens is 1. The number of anilines is 1. The van der Waals surface area contributed by atoms with Crippen molar-refractivity contribution in [3.63, 3.8) is 0 Å². The fourth-order valence-corrected chi connectivity index (χ4v) is 6.13. The van der Waals surface area contributed by atoms with Crippen molar-refractivity contribution in [2.45, 2.75) is 70.4 Å². The molecule has 2 aliphatic heterocycles. The number of hydrogen-bond donors (Lipinski definition) is 1. The van der Waals surface area contributed by atoms with E-state index in [2.05, 4.69) is 45.1 Å². The Morgan fingerprint density at radius 1 is 1.06 bits per heavy atom. The van der Waals surface area contributed by atoms with E-state index in [1.54, 1.807) is 11.0 Å². The molecule has 32 heavy (non-hydrogen) atoms. The summed E-state index contributed by atoms with van der Waals surface area (Å²) in [5.41, 5.74) is 2.51. The van der Waals surface area contributed by atoms with E-state index in [4.69, 9.17) is 11.6 Å². The molecule has 1 unspecified atom stereocenters. The van der Waals surface area contributed by atoms with E-state index in [9.17, 15) is 9.59 Å². The van der Waals surface area contributed by atoms with Crippen LogP contribution in [0.15, 0.2) is 48.5 Å². The quantitative estimate of drug-likeness (QED) is 0.567. The molecule has 0 aliphatic carbocycles. The first kappa shape index (κ1) is 23.0. The van der Waals surface area contributed by atoms with Crippen LogP contribution in [-0.4, -0.2) is 29.3 Å². The van der Waals surface area contributed by atoms with Gasteiger partial charge in [0.1, 0.15) is 0 Å². The van der Waals surface area contributed by atoms with E-state index < -0.39 is 0 Å². The SMILES string of the molecule is CC1(C)CC(CC(=O)c2ccc(N3CC(c4ccccc4)CC3=O)c(Cl)c2)CC(C)(C)N1. The molecule has 0 radical (unpaired) electrons. The summed E-state index contributed by atoms with van der Waals surface area (Å²) in [6.07, 6.45) is 2.93. The van der Waals surface area contributed by atoms with Gasteiger partial charge in [0.05, 0.1) is 10.7 Å². The lowest BCUT2D eigenvalue weighted by Crippen LogP contribution is -2.57. The van der Waals surface area contributed by atoms with E-state index in [0.717, 1.165) is 12.8 Å². The van der Waals surface area contributed by atoms with E-state index in [1.165, 1.54) is 5.56 Å². The average Bonchev–Trinajstić information content (AvgIpc) is 3.07. The molecule has 4 nitrogen and oxygen atoms in total. The van der Waals surface area contributed by atoms with Gasteiger partial charge in [0.15, 0.2) is 5.78 Å². The molecule has 5 heteroatoms. The summed E-state index contributed by atoms with van der Waals surface area (Å²) < 4.78 is 0. The molecule has 0 aromatic heterocycles. The monoisotopic (exact) mass is 452 g/mol. The number of nitrogens with zero attached hydrogens (tertiary/aromatic N) is 1. The van der Waals surface area contributed by atoms with Gasteiger partial charge in [-0.1, -0.05) is 41.9 Å². The maximum absolute atomic E-state index is 13.1. The number of amides is 1. The number of ketones is 1. The Balaban J connectivity index is 1.46. The summed E-state index contributed by atoms with van der Waals surface area (Å²) in [5.74, 6) is 0.678. The van der Waals surface area contributed by atoms with Gasteiger partial charge in [0.25, 0.3) is 0 Å². The second-order valence-electron chi connectivity index (χ2n) is 10.8. The molecule has 2 fully saturated rings. The zero-order valence-electron chi connectivity index (χ0n) is 19.5. The highest BCUT2D eigenvalue weighted by Gasteiger charge is 2.38. The first-order valence-electron chi connectivity index (χ1n) is 11.5. The van der Waals surface area contributed by atoms with Crippen molar-refractivity contribution in [3.05, 3.63) is 64.7 Å². The van der Waals surface area contributed by atoms with Crippen LogP contribution < -0.4 is 10.2 Å². The third-order valence-electron chi connectivity index (χ3n) is 6.71. The molecular weight excluding hydrogens is 420 g/mol. The van der Waals surface area contributed by atoms with Gasteiger partial charge in [-0.15, -0.1) is 0 Å². The molecule has 4 rings (SSSR count). The Hall–Kier alpha value is -2.17. The summed E-state index contributed by atoms with van der Waals surface area (Å²) in [6.45, 7) is 9.41. The van der Waals surface area contributed by atoms with Crippen molar-refractivity contribution in [2.24, 2.45) is 5.92 Å². The summed E-state index contributed by atoms with van der Waals surface area (Å²) in [5, 5.41) is 4.13. The molecule has 2 aliphatic rings. The average molecular weight is 453 g/mol. The number of benzene rings is 2. The summed E-state index contributed by atoms with van der Waals surface area (Å²) >= 11 is 6.59. The molecule has 1 atom stereocenters. The van der Waals surface area contributed by atoms with Gasteiger partial charge in [-0.25, -0.2) is 0 Å². The maximum atomic E-state index is 13.1. The summed E-state index contributed by atoms with van der Waals surface area (Å²) in [6, 6.07) is 15.5. The van der Waals surface area contributed by atoms with E-state index >= 15 is 0 Å². The molecule has 0 spiro atoms. The highest BCUT2D eigenvalue weighted by atomic mass is 35.5. The lowest BCUT2D eigenvalue weighted by atomic mass is 9.74. The molecule has 1 N–H and O–H groups in total. The molecule has 2 saturated heterocycles. The number of carbonyl (C=O) groups is 2. The Kier molecular flexibility index (Phi) is 6.21. The normalized spacial score (nSPS) is 22.8. The third-order valence-corrected chi connectivity index (χ3v) is 7.01. The maximum Gasteiger partial charge on any atom is 0.227 e. The first-order chi connectivity index (χ1) is 15.0. The van der Waals surface area contributed by atoms with Crippen LogP contribution in [0, 0.1) is 5.92 Å². The number of nitrogens with one attached hydrogen (secondary N) is 1. The fraction of sp³-hybridized carbons (Fsp3) is 0.481. The minimum absolute atomic E-state index is 0.0135. The van der Waals surface area contributed by atoms with Crippen molar-refractivity contribution in [2.75, 3.05) is 11.4 Å². The molecule has 170 valence electrons. The van der Waals surface area contributed by atoms with Crippen molar-refractivity contribution in [3.8, 4) is 0 Å². The highest BCUT2D eigenvalue weighted by molar-refractivity contribution is 6.34. The molecule has 2 heterocycles. The fourth-order valence-electron chi connectivity index (χ4n) is 5.85. The van der Waals surface area contributed by atoms with Crippen LogP contribution in [0.4, 0.5) is 5.69 Å². The van der Waals surface area contributed by atoms with E-state index in [-0.39, 0.29) is 28.7 Å². The van der Waals surface area contributed by atoms with Crippen LogP contribution in [-0.2, 0) is 4.79 Å². The van der Waals surface area contributed by atoms with Gasteiger partial charge in [-0.2, -0.15) is 0 Å². The van der Waals surface area contributed by atoms with Crippen molar-refractivity contribution in [1.82, 2.24) is 5.32 Å². The topological polar surface area (TPSA) is 49.4 Å². The number of hydrogen-bond acceptors (Lipinski definition) is 3. The molecule has 2 aromatic carbocycles. The van der Waals surface area contributed by atoms with E-state index in [0.29, 0.717) is 41.6 Å². The van der Waals surface area contributed by atoms with Gasteiger partial charge < -0.3 is 10.2 Å². The summed E-state index contributed by atoms with van der Waals surface area (Å²) in [4.78, 5) is 27.5. The molecule has 0 saturated carbocycles. The highest BCUT2D eigenvalue weighted by Crippen LogP contribution is 2.38. The number of carbonyl (C=O) groups excluding carboxylic acids is 2. The second kappa shape index (κ2) is 8.64. The van der Waals surface area contributed by atoms with Crippen LogP contribution >= 0.6 is 11.6 Å². The first-order valence-corrected chi connectivity index (χ1v) is 11.9. The molecule has 1 amide bonds. The minimum atomic E-state index is 0.0135. The standard InChI is InChI=1S/C27H33ClN2O2/c1-26(2)15-18(16-27(3,4)29-26)12-24(31)20-10-11-23(22(28)13-20)30-17-21(14-25(30)32)19-8-6-5-7-9-19/h5-11,13,18,21,29H,12,14-17H2,1-4H3. The predicted molar refractivity (Wildman–Crippen MR) is 131 cm³/mol. The predicted octanol–water partition coefficient (Wildman–Crippen LogP) is 5.99. The number of Topliss-reactive ketones (excluding diaryl/α,β-unsaturated/α-hetero) is 1. The Bertz CT molecular complexity index is 1000. The number of rotatable bonds is 5. The van der Waals surface area contributed by atoms with Crippen molar-refractivity contribution < 1.29 is 9.59 Å².